The summed E-state index contributed by atoms with van der Waals surface area (Å²) in [6.45, 7) is 4.30. The molecule has 2 aromatic rings. The molecule has 0 saturated carbocycles. The van der Waals surface area contributed by atoms with Gasteiger partial charge in [0, 0.05) is 12.4 Å². The largest absolute Gasteiger partial charge is 0.317 e. The molecule has 1 heterocycles. The van der Waals surface area contributed by atoms with Crippen LogP contribution in [0.15, 0.2) is 48.8 Å². The van der Waals surface area contributed by atoms with Crippen molar-refractivity contribution in [2.75, 3.05) is 13.1 Å². The van der Waals surface area contributed by atoms with E-state index in [9.17, 15) is 0 Å². The van der Waals surface area contributed by atoms with E-state index in [1.165, 1.54) is 23.1 Å². The van der Waals surface area contributed by atoms with Crippen LogP contribution >= 0.6 is 0 Å². The molecule has 1 aromatic heterocycles. The standard InChI is InChI=1S/C16H20N2/c1-2-17-11-3-5-14-7-9-15(10-8-14)16-6-4-12-18-13-16/h4,6-10,12-13,17H,2-3,5,11H2,1H3. The van der Waals surface area contributed by atoms with Gasteiger partial charge >= 0.3 is 0 Å². The topological polar surface area (TPSA) is 24.9 Å². The second-order valence-electron chi connectivity index (χ2n) is 4.40. The minimum absolute atomic E-state index is 1.06. The highest BCUT2D eigenvalue weighted by atomic mass is 14.8. The molecule has 0 aliphatic carbocycles. The van der Waals surface area contributed by atoms with Gasteiger partial charge in [-0.15, -0.1) is 0 Å². The molecule has 0 bridgehead atoms. The first-order chi connectivity index (χ1) is 8.90. The summed E-state index contributed by atoms with van der Waals surface area (Å²) in [5.41, 5.74) is 3.82. The van der Waals surface area contributed by atoms with Gasteiger partial charge in [0.05, 0.1) is 0 Å². The molecule has 0 radical (unpaired) electrons. The van der Waals surface area contributed by atoms with Crippen LogP contribution in [0.4, 0.5) is 0 Å². The van der Waals surface area contributed by atoms with E-state index >= 15 is 0 Å². The Bertz CT molecular complexity index is 448. The highest BCUT2D eigenvalue weighted by Crippen LogP contribution is 2.18. The molecule has 18 heavy (non-hydrogen) atoms. The van der Waals surface area contributed by atoms with Crippen molar-refractivity contribution in [2.24, 2.45) is 0 Å². The predicted octanol–water partition coefficient (Wildman–Crippen LogP) is 3.29. The van der Waals surface area contributed by atoms with Gasteiger partial charge in [0.2, 0.25) is 0 Å². The van der Waals surface area contributed by atoms with Crippen molar-refractivity contribution >= 4 is 0 Å². The molecule has 0 amide bonds. The Balaban J connectivity index is 1.94. The Kier molecular flexibility index (Phi) is 4.91. The molecule has 0 spiro atoms. The highest BCUT2D eigenvalue weighted by Gasteiger charge is 1.98. The van der Waals surface area contributed by atoms with Crippen LogP contribution in [0.2, 0.25) is 0 Å². The van der Waals surface area contributed by atoms with E-state index in [2.05, 4.69) is 47.6 Å². The third-order valence-corrected chi connectivity index (χ3v) is 3.02. The number of hydrogen-bond donors (Lipinski definition) is 1. The summed E-state index contributed by atoms with van der Waals surface area (Å²) < 4.78 is 0. The average molecular weight is 240 g/mol. The van der Waals surface area contributed by atoms with E-state index in [0.717, 1.165) is 19.5 Å². The van der Waals surface area contributed by atoms with Gasteiger partial charge in [-0.1, -0.05) is 37.3 Å². The molecule has 2 nitrogen and oxygen atoms in total. The van der Waals surface area contributed by atoms with Crippen molar-refractivity contribution in [3.63, 3.8) is 0 Å². The lowest BCUT2D eigenvalue weighted by atomic mass is 10.0. The van der Waals surface area contributed by atoms with Gasteiger partial charge in [0.25, 0.3) is 0 Å². The smallest absolute Gasteiger partial charge is 0.0346 e. The first kappa shape index (κ1) is 12.8. The normalized spacial score (nSPS) is 10.5. The van der Waals surface area contributed by atoms with Gasteiger partial charge < -0.3 is 5.32 Å². The number of rotatable bonds is 6. The van der Waals surface area contributed by atoms with E-state index < -0.39 is 0 Å². The molecule has 0 saturated heterocycles. The molecule has 0 aliphatic rings. The monoisotopic (exact) mass is 240 g/mol. The molecular formula is C16H20N2. The number of nitrogens with one attached hydrogen (secondary N) is 1. The van der Waals surface area contributed by atoms with E-state index in [-0.39, 0.29) is 0 Å². The van der Waals surface area contributed by atoms with Crippen LogP contribution in [0, 0.1) is 0 Å². The molecular weight excluding hydrogens is 220 g/mol. The fourth-order valence-electron chi connectivity index (χ4n) is 1.99. The zero-order chi connectivity index (χ0) is 12.6. The molecule has 2 heteroatoms. The summed E-state index contributed by atoms with van der Waals surface area (Å²) >= 11 is 0. The fraction of sp³-hybridized carbons (Fsp3) is 0.312. The third-order valence-electron chi connectivity index (χ3n) is 3.02. The van der Waals surface area contributed by atoms with Crippen LogP contribution in [-0.4, -0.2) is 18.1 Å². The van der Waals surface area contributed by atoms with Crippen LogP contribution in [0.1, 0.15) is 18.9 Å². The van der Waals surface area contributed by atoms with Crippen LogP contribution in [0.3, 0.4) is 0 Å². The number of benzene rings is 1. The predicted molar refractivity (Wildman–Crippen MR) is 76.5 cm³/mol. The molecule has 1 N–H and O–H groups in total. The van der Waals surface area contributed by atoms with Gasteiger partial charge in [-0.2, -0.15) is 0 Å². The first-order valence-corrected chi connectivity index (χ1v) is 6.60. The van der Waals surface area contributed by atoms with E-state index in [1.807, 2.05) is 12.3 Å². The number of pyridine rings is 1. The van der Waals surface area contributed by atoms with E-state index in [1.54, 1.807) is 6.20 Å². The van der Waals surface area contributed by atoms with Crippen molar-refractivity contribution in [1.29, 1.82) is 0 Å². The maximum atomic E-state index is 4.15. The maximum Gasteiger partial charge on any atom is 0.0346 e. The lowest BCUT2D eigenvalue weighted by Gasteiger charge is -2.05. The molecule has 0 atom stereocenters. The molecule has 0 unspecified atom stereocenters. The van der Waals surface area contributed by atoms with Crippen LogP contribution in [-0.2, 0) is 6.42 Å². The lowest BCUT2D eigenvalue weighted by Crippen LogP contribution is -2.14. The Morgan fingerprint density at radius 1 is 1.06 bits per heavy atom. The van der Waals surface area contributed by atoms with Gasteiger partial charge in [0.1, 0.15) is 0 Å². The number of nitrogens with zero attached hydrogens (tertiary/aromatic N) is 1. The zero-order valence-electron chi connectivity index (χ0n) is 10.9. The molecule has 1 aromatic carbocycles. The Morgan fingerprint density at radius 2 is 1.89 bits per heavy atom. The Morgan fingerprint density at radius 3 is 2.56 bits per heavy atom. The van der Waals surface area contributed by atoms with Crippen molar-refractivity contribution in [2.45, 2.75) is 19.8 Å². The summed E-state index contributed by atoms with van der Waals surface area (Å²) in [6, 6.07) is 12.9. The molecule has 94 valence electrons. The van der Waals surface area contributed by atoms with Gasteiger partial charge in [-0.05, 0) is 48.7 Å². The van der Waals surface area contributed by atoms with Crippen molar-refractivity contribution in [3.8, 4) is 11.1 Å². The minimum atomic E-state index is 1.06. The Hall–Kier alpha value is -1.67. The van der Waals surface area contributed by atoms with Crippen molar-refractivity contribution < 1.29 is 0 Å². The lowest BCUT2D eigenvalue weighted by molar-refractivity contribution is 0.673. The number of hydrogen-bond acceptors (Lipinski definition) is 2. The van der Waals surface area contributed by atoms with Crippen LogP contribution in [0.5, 0.6) is 0 Å². The van der Waals surface area contributed by atoms with Crippen molar-refractivity contribution in [1.82, 2.24) is 10.3 Å². The summed E-state index contributed by atoms with van der Waals surface area (Å²) in [4.78, 5) is 4.15. The maximum absolute atomic E-state index is 4.15. The highest BCUT2D eigenvalue weighted by molar-refractivity contribution is 5.62. The van der Waals surface area contributed by atoms with E-state index in [4.69, 9.17) is 0 Å². The van der Waals surface area contributed by atoms with Crippen LogP contribution in [0.25, 0.3) is 11.1 Å². The summed E-state index contributed by atoms with van der Waals surface area (Å²) in [5.74, 6) is 0. The second kappa shape index (κ2) is 6.92. The molecule has 2 rings (SSSR count). The zero-order valence-corrected chi connectivity index (χ0v) is 10.9. The second-order valence-corrected chi connectivity index (χ2v) is 4.40. The molecule has 0 aliphatic heterocycles. The first-order valence-electron chi connectivity index (χ1n) is 6.60. The van der Waals surface area contributed by atoms with Gasteiger partial charge in [0.15, 0.2) is 0 Å². The molecule has 0 fully saturated rings. The SMILES string of the molecule is CCNCCCc1ccc(-c2cccnc2)cc1. The number of aryl methyl sites for hydroxylation is 1. The van der Waals surface area contributed by atoms with Gasteiger partial charge in [-0.3, -0.25) is 4.98 Å². The van der Waals surface area contributed by atoms with Crippen molar-refractivity contribution in [3.05, 3.63) is 54.4 Å². The van der Waals surface area contributed by atoms with Crippen LogP contribution < -0.4 is 5.32 Å². The third kappa shape index (κ3) is 3.67. The minimum Gasteiger partial charge on any atom is -0.317 e. The summed E-state index contributed by atoms with van der Waals surface area (Å²) in [7, 11) is 0. The van der Waals surface area contributed by atoms with E-state index in [0.29, 0.717) is 0 Å². The Labute approximate surface area is 109 Å². The average Bonchev–Trinajstić information content (AvgIpc) is 2.45. The fourth-order valence-corrected chi connectivity index (χ4v) is 1.99. The quantitative estimate of drug-likeness (QED) is 0.784. The summed E-state index contributed by atoms with van der Waals surface area (Å²) in [5, 5.41) is 3.35. The summed E-state index contributed by atoms with van der Waals surface area (Å²) in [6.07, 6.45) is 6.04. The van der Waals surface area contributed by atoms with Gasteiger partial charge in [-0.25, -0.2) is 0 Å². The number of aromatic nitrogens is 1.